The van der Waals surface area contributed by atoms with Gasteiger partial charge in [-0.05, 0) is 91.1 Å². The van der Waals surface area contributed by atoms with Crippen molar-refractivity contribution in [1.29, 1.82) is 0 Å². The topological polar surface area (TPSA) is 40.5 Å². The van der Waals surface area contributed by atoms with E-state index < -0.39 is 12.2 Å². The first-order valence-corrected chi connectivity index (χ1v) is 13.1. The van der Waals surface area contributed by atoms with E-state index >= 15 is 0 Å². The van der Waals surface area contributed by atoms with Crippen molar-refractivity contribution in [1.82, 2.24) is 0 Å². The van der Waals surface area contributed by atoms with Crippen molar-refractivity contribution >= 4 is 0 Å². The molecule has 0 amide bonds. The van der Waals surface area contributed by atoms with Gasteiger partial charge in [-0.2, -0.15) is 0 Å². The van der Waals surface area contributed by atoms with E-state index in [1.807, 2.05) is 0 Å². The number of aliphatic hydroxyl groups excluding tert-OH is 2. The summed E-state index contributed by atoms with van der Waals surface area (Å²) in [6, 6.07) is 0. The van der Waals surface area contributed by atoms with Crippen LogP contribution in [0.4, 0.5) is 0 Å². The monoisotopic (exact) mass is 428 g/mol. The first-order valence-electron chi connectivity index (χ1n) is 13.1. The Morgan fingerprint density at radius 2 is 1.87 bits per heavy atom. The third-order valence-corrected chi connectivity index (χ3v) is 9.45. The molecule has 176 valence electrons. The zero-order chi connectivity index (χ0) is 22.8. The molecule has 3 rings (SSSR count). The van der Waals surface area contributed by atoms with Gasteiger partial charge in [0.15, 0.2) is 0 Å². The first-order chi connectivity index (χ1) is 14.7. The molecule has 0 heterocycles. The molecule has 3 saturated carbocycles. The van der Waals surface area contributed by atoms with Crippen LogP contribution in [-0.2, 0) is 0 Å². The Balaban J connectivity index is 1.71. The van der Waals surface area contributed by atoms with Crippen molar-refractivity contribution in [2.45, 2.75) is 111 Å². The smallest absolute Gasteiger partial charge is 0.0811 e. The van der Waals surface area contributed by atoms with Gasteiger partial charge in [-0.15, -0.1) is 0 Å². The standard InChI is InChI=1S/C29H48O2/c1-7-22(19(2)3)11-10-20(4)26-14-15-27-23(9-8-16-29(26,27)6)12-13-24-17-25(30)18-28(31)21(24)5/h12-13,19-20,22,25-28,30-31H,5,7-11,14-18H2,1-4,6H3/b23-12+,24-13-/t20-,22-,25+,26-,27+,28-,29-/m1/s1. The molecule has 0 bridgehead atoms. The summed E-state index contributed by atoms with van der Waals surface area (Å²) in [5.41, 5.74) is 3.87. The fourth-order valence-corrected chi connectivity index (χ4v) is 7.37. The van der Waals surface area contributed by atoms with E-state index in [2.05, 4.69) is 53.3 Å². The molecule has 3 fully saturated rings. The molecule has 2 heteroatoms. The molecule has 3 aliphatic carbocycles. The van der Waals surface area contributed by atoms with Crippen LogP contribution in [0, 0.1) is 35.0 Å². The van der Waals surface area contributed by atoms with Crippen LogP contribution in [0.5, 0.6) is 0 Å². The van der Waals surface area contributed by atoms with E-state index in [9.17, 15) is 10.2 Å². The highest BCUT2D eigenvalue weighted by Gasteiger charge is 2.50. The maximum Gasteiger partial charge on any atom is 0.0811 e. The average Bonchev–Trinajstić information content (AvgIpc) is 3.07. The van der Waals surface area contributed by atoms with Gasteiger partial charge in [-0.25, -0.2) is 0 Å². The summed E-state index contributed by atoms with van der Waals surface area (Å²) in [5.74, 6) is 4.02. The number of hydrogen-bond donors (Lipinski definition) is 2. The summed E-state index contributed by atoms with van der Waals surface area (Å²) in [6.07, 6.45) is 15.1. The minimum atomic E-state index is -0.598. The van der Waals surface area contributed by atoms with E-state index in [1.165, 1.54) is 51.4 Å². The molecule has 0 saturated heterocycles. The largest absolute Gasteiger partial charge is 0.393 e. The number of fused-ring (bicyclic) bond motifs is 1. The predicted molar refractivity (Wildman–Crippen MR) is 132 cm³/mol. The zero-order valence-corrected chi connectivity index (χ0v) is 20.9. The van der Waals surface area contributed by atoms with E-state index in [-0.39, 0.29) is 0 Å². The fraction of sp³-hybridized carbons (Fsp3) is 0.793. The summed E-state index contributed by atoms with van der Waals surface area (Å²) in [7, 11) is 0. The number of allylic oxidation sites excluding steroid dienone is 3. The lowest BCUT2D eigenvalue weighted by Gasteiger charge is -2.44. The number of aliphatic hydroxyl groups is 2. The van der Waals surface area contributed by atoms with E-state index in [4.69, 9.17) is 0 Å². The van der Waals surface area contributed by atoms with Gasteiger partial charge in [0.1, 0.15) is 0 Å². The van der Waals surface area contributed by atoms with Crippen molar-refractivity contribution in [3.63, 3.8) is 0 Å². The summed E-state index contributed by atoms with van der Waals surface area (Å²) in [5, 5.41) is 20.2. The molecule has 3 aliphatic rings. The second kappa shape index (κ2) is 10.4. The lowest BCUT2D eigenvalue weighted by atomic mass is 9.60. The Hall–Kier alpha value is -0.860. The third kappa shape index (κ3) is 5.38. The van der Waals surface area contributed by atoms with E-state index in [1.54, 1.807) is 5.57 Å². The highest BCUT2D eigenvalue weighted by atomic mass is 16.3. The van der Waals surface area contributed by atoms with Crippen molar-refractivity contribution in [2.75, 3.05) is 0 Å². The van der Waals surface area contributed by atoms with Crippen molar-refractivity contribution in [3.05, 3.63) is 35.5 Å². The molecule has 0 spiro atoms. The zero-order valence-electron chi connectivity index (χ0n) is 20.9. The Kier molecular flexibility index (Phi) is 8.30. The Bertz CT molecular complexity index is 687. The molecule has 0 aromatic rings. The van der Waals surface area contributed by atoms with Crippen molar-refractivity contribution in [2.24, 2.45) is 35.0 Å². The summed E-state index contributed by atoms with van der Waals surface area (Å²) in [4.78, 5) is 0. The van der Waals surface area contributed by atoms with Crippen LogP contribution in [0.2, 0.25) is 0 Å². The minimum absolute atomic E-state index is 0.419. The van der Waals surface area contributed by atoms with Crippen molar-refractivity contribution in [3.8, 4) is 0 Å². The normalized spacial score (nSPS) is 38.6. The summed E-state index contributed by atoms with van der Waals surface area (Å²) >= 11 is 0. The van der Waals surface area contributed by atoms with Crippen LogP contribution in [0.3, 0.4) is 0 Å². The van der Waals surface area contributed by atoms with Gasteiger partial charge in [-0.1, -0.05) is 71.8 Å². The Morgan fingerprint density at radius 3 is 2.55 bits per heavy atom. The third-order valence-electron chi connectivity index (χ3n) is 9.45. The van der Waals surface area contributed by atoms with Gasteiger partial charge in [-0.3, -0.25) is 0 Å². The molecule has 2 nitrogen and oxygen atoms in total. The van der Waals surface area contributed by atoms with Crippen molar-refractivity contribution < 1.29 is 10.2 Å². The van der Waals surface area contributed by atoms with Gasteiger partial charge >= 0.3 is 0 Å². The molecule has 0 unspecified atom stereocenters. The highest BCUT2D eigenvalue weighted by molar-refractivity contribution is 5.38. The molecule has 0 aromatic carbocycles. The van der Waals surface area contributed by atoms with Gasteiger partial charge in [0.25, 0.3) is 0 Å². The lowest BCUT2D eigenvalue weighted by molar-refractivity contribution is 0.0860. The molecule has 31 heavy (non-hydrogen) atoms. The van der Waals surface area contributed by atoms with Gasteiger partial charge < -0.3 is 10.2 Å². The second-order valence-corrected chi connectivity index (χ2v) is 11.6. The molecule has 0 aromatic heterocycles. The van der Waals surface area contributed by atoms with Crippen LogP contribution in [0.25, 0.3) is 0 Å². The quantitative estimate of drug-likeness (QED) is 0.449. The Labute approximate surface area is 191 Å². The van der Waals surface area contributed by atoms with Crippen LogP contribution in [-0.4, -0.2) is 22.4 Å². The lowest BCUT2D eigenvalue weighted by Crippen LogP contribution is -2.36. The van der Waals surface area contributed by atoms with Gasteiger partial charge in [0.05, 0.1) is 12.2 Å². The maximum absolute atomic E-state index is 10.2. The van der Waals surface area contributed by atoms with Crippen LogP contribution in [0.1, 0.15) is 98.8 Å². The van der Waals surface area contributed by atoms with E-state index in [0.29, 0.717) is 24.2 Å². The molecule has 7 atom stereocenters. The SMILES string of the molecule is C=C1/C(=C\C=C2/CCC[C@]3(C)[C@@H]([C@H](C)CC[C@@H](CC)C(C)C)CC[C@@H]23)C[C@H](O)C[C@H]1O. The molecule has 0 aliphatic heterocycles. The number of hydrogen-bond acceptors (Lipinski definition) is 2. The Morgan fingerprint density at radius 1 is 1.13 bits per heavy atom. The number of rotatable bonds is 7. The van der Waals surface area contributed by atoms with Gasteiger partial charge in [0.2, 0.25) is 0 Å². The fourth-order valence-electron chi connectivity index (χ4n) is 7.37. The first kappa shape index (κ1) is 24.8. The minimum Gasteiger partial charge on any atom is -0.393 e. The molecule has 2 N–H and O–H groups in total. The highest BCUT2D eigenvalue weighted by Crippen LogP contribution is 2.60. The summed E-state index contributed by atoms with van der Waals surface area (Å²) < 4.78 is 0. The average molecular weight is 429 g/mol. The second-order valence-electron chi connectivity index (χ2n) is 11.6. The van der Waals surface area contributed by atoms with E-state index in [0.717, 1.165) is 34.8 Å². The van der Waals surface area contributed by atoms with Gasteiger partial charge in [0, 0.05) is 6.42 Å². The van der Waals surface area contributed by atoms with Crippen LogP contribution in [0.15, 0.2) is 35.5 Å². The molecule has 0 radical (unpaired) electrons. The van der Waals surface area contributed by atoms with Crippen LogP contribution < -0.4 is 0 Å². The van der Waals surface area contributed by atoms with Crippen LogP contribution >= 0.6 is 0 Å². The molecular formula is C29H48O2. The summed E-state index contributed by atoms with van der Waals surface area (Å²) in [6.45, 7) is 16.3. The maximum atomic E-state index is 10.2. The predicted octanol–water partition coefficient (Wildman–Crippen LogP) is 7.23. The molecular weight excluding hydrogens is 380 g/mol.